The summed E-state index contributed by atoms with van der Waals surface area (Å²) < 4.78 is 20.3. The number of ether oxygens (including phenoxy) is 3. The first kappa shape index (κ1) is 16.4. The molecule has 130 valence electrons. The molecule has 0 saturated carbocycles. The van der Waals surface area contributed by atoms with Crippen molar-refractivity contribution >= 4 is 39.6 Å². The molecule has 2 aliphatic heterocycles. The Morgan fingerprint density at radius 1 is 1.33 bits per heavy atom. The third-order valence-electron chi connectivity index (χ3n) is 4.21. The lowest BCUT2D eigenvalue weighted by atomic mass is 10.1. The van der Waals surface area contributed by atoms with Crippen LogP contribution in [0.5, 0.6) is 0 Å². The summed E-state index contributed by atoms with van der Waals surface area (Å²) in [5.41, 5.74) is 1.30. The van der Waals surface area contributed by atoms with Gasteiger partial charge >= 0.3 is 0 Å². The van der Waals surface area contributed by atoms with E-state index in [9.17, 15) is 5.11 Å². The highest BCUT2D eigenvalue weighted by atomic mass is 127. The smallest absolute Gasteiger partial charge is 0.194 e. The first-order valence-electron chi connectivity index (χ1n) is 7.63. The standard InChI is InChI=1S/C14H18IN5O4/c1-14(2)23-8-6(4-21)22-12(9(8)24-14)20-5-17-7-10(16-3)18-13(15)19-11(7)20/h5-6,8-9,12,21H,4H2,1-3H3,(H,16,18,19)/t6-,8-,9-,12-/m1/s1. The van der Waals surface area contributed by atoms with Crippen molar-refractivity contribution in [3.8, 4) is 0 Å². The minimum atomic E-state index is -0.722. The lowest BCUT2D eigenvalue weighted by Gasteiger charge is -2.24. The number of aromatic nitrogens is 4. The molecular formula is C14H18IN5O4. The monoisotopic (exact) mass is 447 g/mol. The number of anilines is 1. The van der Waals surface area contributed by atoms with Crippen LogP contribution in [0, 0.1) is 3.83 Å². The van der Waals surface area contributed by atoms with E-state index in [1.54, 1.807) is 13.4 Å². The van der Waals surface area contributed by atoms with E-state index in [4.69, 9.17) is 14.2 Å². The van der Waals surface area contributed by atoms with Crippen molar-refractivity contribution in [1.29, 1.82) is 0 Å². The molecule has 2 aromatic rings. The van der Waals surface area contributed by atoms with Crippen molar-refractivity contribution in [2.45, 2.75) is 44.2 Å². The maximum absolute atomic E-state index is 9.62. The number of aliphatic hydroxyl groups excluding tert-OH is 1. The highest BCUT2D eigenvalue weighted by Crippen LogP contribution is 2.43. The summed E-state index contributed by atoms with van der Waals surface area (Å²) in [6, 6.07) is 0. The van der Waals surface area contributed by atoms with E-state index in [-0.39, 0.29) is 18.8 Å². The van der Waals surface area contributed by atoms with Crippen molar-refractivity contribution in [2.75, 3.05) is 19.0 Å². The lowest BCUT2D eigenvalue weighted by Crippen LogP contribution is -2.31. The van der Waals surface area contributed by atoms with Crippen LogP contribution in [0.2, 0.25) is 0 Å². The number of hydrogen-bond donors (Lipinski definition) is 2. The number of nitrogens with one attached hydrogen (secondary N) is 1. The zero-order valence-corrected chi connectivity index (χ0v) is 15.6. The summed E-state index contributed by atoms with van der Waals surface area (Å²) >= 11 is 2.06. The highest BCUT2D eigenvalue weighted by Gasteiger charge is 2.56. The molecule has 4 atom stereocenters. The van der Waals surface area contributed by atoms with Gasteiger partial charge in [-0.25, -0.2) is 15.0 Å². The normalized spacial score (nSPS) is 31.5. The zero-order valence-electron chi connectivity index (χ0n) is 13.4. The van der Waals surface area contributed by atoms with Crippen molar-refractivity contribution in [2.24, 2.45) is 0 Å². The molecule has 0 amide bonds. The number of fused-ring (bicyclic) bond motifs is 2. The van der Waals surface area contributed by atoms with Gasteiger partial charge in [0.15, 0.2) is 32.8 Å². The van der Waals surface area contributed by atoms with Crippen LogP contribution in [0.1, 0.15) is 20.1 Å². The van der Waals surface area contributed by atoms with Crippen molar-refractivity contribution < 1.29 is 19.3 Å². The molecule has 2 aliphatic rings. The fourth-order valence-corrected chi connectivity index (χ4v) is 3.75. The molecule has 2 fully saturated rings. The van der Waals surface area contributed by atoms with E-state index in [2.05, 4.69) is 42.9 Å². The Kier molecular flexibility index (Phi) is 3.91. The molecule has 24 heavy (non-hydrogen) atoms. The molecule has 0 unspecified atom stereocenters. The summed E-state index contributed by atoms with van der Waals surface area (Å²) in [6.45, 7) is 3.57. The topological polar surface area (TPSA) is 104 Å². The number of hydrogen-bond acceptors (Lipinski definition) is 8. The number of imidazole rings is 1. The average molecular weight is 447 g/mol. The molecular weight excluding hydrogens is 429 g/mol. The second kappa shape index (κ2) is 5.73. The van der Waals surface area contributed by atoms with Crippen LogP contribution in [0.4, 0.5) is 5.82 Å². The van der Waals surface area contributed by atoms with Gasteiger partial charge in [0.25, 0.3) is 0 Å². The van der Waals surface area contributed by atoms with Crippen LogP contribution in [0.3, 0.4) is 0 Å². The van der Waals surface area contributed by atoms with Gasteiger partial charge in [-0.1, -0.05) is 0 Å². The Morgan fingerprint density at radius 3 is 2.79 bits per heavy atom. The molecule has 2 aromatic heterocycles. The molecule has 0 aromatic carbocycles. The Hall–Kier alpha value is -1.08. The van der Waals surface area contributed by atoms with Gasteiger partial charge < -0.3 is 24.6 Å². The third kappa shape index (κ3) is 2.47. The summed E-state index contributed by atoms with van der Waals surface area (Å²) in [4.78, 5) is 13.2. The van der Waals surface area contributed by atoms with Crippen LogP contribution < -0.4 is 5.32 Å². The van der Waals surface area contributed by atoms with Gasteiger partial charge in [0, 0.05) is 29.6 Å². The maximum atomic E-state index is 9.62. The minimum absolute atomic E-state index is 0.141. The summed E-state index contributed by atoms with van der Waals surface area (Å²) in [6.07, 6.45) is 0.0439. The van der Waals surface area contributed by atoms with Gasteiger partial charge in [-0.3, -0.25) is 4.57 Å². The first-order valence-corrected chi connectivity index (χ1v) is 8.71. The first-order chi connectivity index (χ1) is 11.4. The summed E-state index contributed by atoms with van der Waals surface area (Å²) in [5, 5.41) is 12.6. The number of nitrogens with zero attached hydrogens (tertiary/aromatic N) is 4. The van der Waals surface area contributed by atoms with E-state index in [0.717, 1.165) is 0 Å². The Labute approximate surface area is 151 Å². The fraction of sp³-hybridized carbons (Fsp3) is 0.643. The second-order valence-electron chi connectivity index (χ2n) is 6.23. The highest BCUT2D eigenvalue weighted by molar-refractivity contribution is 14.1. The van der Waals surface area contributed by atoms with Crippen molar-refractivity contribution in [1.82, 2.24) is 19.5 Å². The Bertz CT molecular complexity index is 782. The molecule has 9 nitrogen and oxygen atoms in total. The second-order valence-corrected chi connectivity index (χ2v) is 7.19. The molecule has 10 heteroatoms. The van der Waals surface area contributed by atoms with Gasteiger partial charge in [0.2, 0.25) is 0 Å². The molecule has 0 bridgehead atoms. The number of rotatable bonds is 3. The Morgan fingerprint density at radius 2 is 2.08 bits per heavy atom. The predicted molar refractivity (Wildman–Crippen MR) is 92.4 cm³/mol. The average Bonchev–Trinajstić information content (AvgIpc) is 3.16. The van der Waals surface area contributed by atoms with Gasteiger partial charge in [-0.05, 0) is 13.8 Å². The number of halogens is 1. The van der Waals surface area contributed by atoms with Crippen LogP contribution in [-0.2, 0) is 14.2 Å². The van der Waals surface area contributed by atoms with E-state index >= 15 is 0 Å². The fourth-order valence-electron chi connectivity index (χ4n) is 3.28. The van der Waals surface area contributed by atoms with E-state index in [1.165, 1.54) is 0 Å². The van der Waals surface area contributed by atoms with Gasteiger partial charge in [0.1, 0.15) is 18.3 Å². The van der Waals surface area contributed by atoms with E-state index < -0.39 is 18.1 Å². The summed E-state index contributed by atoms with van der Waals surface area (Å²) in [5.74, 6) is -0.0684. The lowest BCUT2D eigenvalue weighted by molar-refractivity contribution is -0.199. The molecule has 2 saturated heterocycles. The van der Waals surface area contributed by atoms with E-state index in [0.29, 0.717) is 20.8 Å². The Balaban J connectivity index is 1.79. The molecule has 0 aliphatic carbocycles. The van der Waals surface area contributed by atoms with Crippen LogP contribution in [0.15, 0.2) is 6.33 Å². The van der Waals surface area contributed by atoms with Crippen LogP contribution in [0.25, 0.3) is 11.2 Å². The molecule has 0 radical (unpaired) electrons. The zero-order chi connectivity index (χ0) is 17.1. The predicted octanol–water partition coefficient (Wildman–Crippen LogP) is 0.882. The van der Waals surface area contributed by atoms with Gasteiger partial charge in [-0.15, -0.1) is 0 Å². The number of aliphatic hydroxyl groups is 1. The molecule has 0 spiro atoms. The molecule has 2 N–H and O–H groups in total. The van der Waals surface area contributed by atoms with Crippen LogP contribution in [-0.4, -0.2) is 62.4 Å². The minimum Gasteiger partial charge on any atom is -0.394 e. The molecule has 4 rings (SSSR count). The largest absolute Gasteiger partial charge is 0.394 e. The molecule has 4 heterocycles. The van der Waals surface area contributed by atoms with Gasteiger partial charge in [0.05, 0.1) is 12.9 Å². The van der Waals surface area contributed by atoms with Crippen LogP contribution >= 0.6 is 22.6 Å². The maximum Gasteiger partial charge on any atom is 0.194 e. The van der Waals surface area contributed by atoms with E-state index in [1.807, 2.05) is 18.4 Å². The third-order valence-corrected chi connectivity index (χ3v) is 4.69. The SMILES string of the molecule is CNc1nc(I)nc2c1ncn2[C@@H]1O[C@H](CO)[C@H]2OC(C)(C)O[C@H]21. The van der Waals surface area contributed by atoms with Gasteiger partial charge in [-0.2, -0.15) is 0 Å². The van der Waals surface area contributed by atoms with Crippen molar-refractivity contribution in [3.63, 3.8) is 0 Å². The van der Waals surface area contributed by atoms with Crippen molar-refractivity contribution in [3.05, 3.63) is 10.2 Å². The quantitative estimate of drug-likeness (QED) is 0.528. The summed E-state index contributed by atoms with van der Waals surface area (Å²) in [7, 11) is 1.79.